The van der Waals surface area contributed by atoms with E-state index in [1.54, 1.807) is 18.5 Å². The molecular weight excluding hydrogens is 1090 g/mol. The second kappa shape index (κ2) is 28.7. The third-order valence-electron chi connectivity index (χ3n) is 17.4. The van der Waals surface area contributed by atoms with Crippen molar-refractivity contribution in [2.45, 2.75) is 96.8 Å². The fraction of sp³-hybridized carbons (Fsp3) is 0.209. The number of nitrogens with zero attached hydrogens (tertiary/aromatic N) is 4. The maximum absolute atomic E-state index is 7.71. The predicted octanol–water partition coefficient (Wildman–Crippen LogP) is 19.7. The monoisotopic (exact) mass is 1190 g/mol. The second-order valence-corrected chi connectivity index (χ2v) is 24.5. The maximum Gasteiger partial charge on any atom is 0.212 e. The van der Waals surface area contributed by atoms with Crippen molar-refractivity contribution in [3.63, 3.8) is 0 Å². The average Bonchev–Trinajstić information content (AvgIpc) is 0.870. The number of hydrogen-bond acceptors (Lipinski definition) is 0. The molecule has 0 atom stereocenters. The van der Waals surface area contributed by atoms with Crippen molar-refractivity contribution in [1.82, 2.24) is 0 Å². The molecule has 12 aromatic rings. The molecule has 12 rings (SSSR count). The summed E-state index contributed by atoms with van der Waals surface area (Å²) < 4.78 is 54.1. The number of pyridine rings is 4. The smallest absolute Gasteiger partial charge is 0.201 e. The molecule has 0 saturated heterocycles. The maximum atomic E-state index is 7.71. The van der Waals surface area contributed by atoms with E-state index in [1.165, 1.54) is 128 Å². The zero-order chi connectivity index (χ0) is 69.5. The lowest BCUT2D eigenvalue weighted by molar-refractivity contribution is -0.660. The minimum Gasteiger partial charge on any atom is -0.201 e. The molecule has 0 bridgehead atoms. The fourth-order valence-electron chi connectivity index (χ4n) is 12.2. The van der Waals surface area contributed by atoms with E-state index in [2.05, 4.69) is 276 Å². The highest BCUT2D eigenvalue weighted by atomic mass is 14.9. The topological polar surface area (TPSA) is 15.5 Å². The van der Waals surface area contributed by atoms with E-state index >= 15 is 0 Å². The number of benzene rings is 8. The third-order valence-corrected chi connectivity index (χ3v) is 17.4. The van der Waals surface area contributed by atoms with Gasteiger partial charge in [-0.05, 0) is 233 Å². The van der Waals surface area contributed by atoms with Gasteiger partial charge >= 0.3 is 0 Å². The van der Waals surface area contributed by atoms with Crippen molar-refractivity contribution in [2.24, 2.45) is 28.2 Å². The van der Waals surface area contributed by atoms with Crippen molar-refractivity contribution >= 4 is 0 Å². The Kier molecular flexibility index (Phi) is 18.1. The van der Waals surface area contributed by atoms with Crippen LogP contribution in [0.2, 0.25) is 0 Å². The Morgan fingerprint density at radius 2 is 0.489 bits per heavy atom. The van der Waals surface area contributed by atoms with Crippen LogP contribution in [0.5, 0.6) is 0 Å². The molecular formula is C86H92N4+4. The Balaban J connectivity index is 0.000000150. The van der Waals surface area contributed by atoms with Gasteiger partial charge in [0.1, 0.15) is 28.2 Å². The summed E-state index contributed by atoms with van der Waals surface area (Å²) in [5, 5.41) is 0. The van der Waals surface area contributed by atoms with Gasteiger partial charge in [0, 0.05) is 77.0 Å². The summed E-state index contributed by atoms with van der Waals surface area (Å²) in [4.78, 5) is 0. The summed E-state index contributed by atoms with van der Waals surface area (Å²) in [7, 11) is 8.04. The lowest BCUT2D eigenvalue weighted by atomic mass is 9.93. The molecule has 0 aliphatic heterocycles. The van der Waals surface area contributed by atoms with Crippen LogP contribution in [-0.2, 0) is 28.2 Å². The van der Waals surface area contributed by atoms with E-state index in [9.17, 15) is 0 Å². The zero-order valence-corrected chi connectivity index (χ0v) is 55.7. The summed E-state index contributed by atoms with van der Waals surface area (Å²) in [6, 6.07) is 72.3. The molecule has 0 saturated carbocycles. The van der Waals surface area contributed by atoms with Crippen molar-refractivity contribution < 1.29 is 26.5 Å². The van der Waals surface area contributed by atoms with Crippen LogP contribution >= 0.6 is 0 Å². The van der Waals surface area contributed by atoms with Gasteiger partial charge in [-0.1, -0.05) is 146 Å². The van der Waals surface area contributed by atoms with Crippen molar-refractivity contribution in [2.75, 3.05) is 0 Å². The first-order valence-corrected chi connectivity index (χ1v) is 31.1. The van der Waals surface area contributed by atoms with E-state index in [0.717, 1.165) is 28.1 Å². The number of rotatable bonds is 8. The highest BCUT2D eigenvalue weighted by Gasteiger charge is 2.21. The lowest BCUT2D eigenvalue weighted by Gasteiger charge is -2.12. The van der Waals surface area contributed by atoms with Crippen LogP contribution in [-0.4, -0.2) is 0 Å². The molecule has 0 N–H and O–H groups in total. The Morgan fingerprint density at radius 1 is 0.211 bits per heavy atom. The van der Waals surface area contributed by atoms with E-state index in [1.807, 2.05) is 66.6 Å². The molecule has 4 heterocycles. The molecule has 0 aliphatic carbocycles. The number of aromatic nitrogens is 4. The molecule has 4 heteroatoms. The molecule has 0 amide bonds. The Morgan fingerprint density at radius 3 is 0.878 bits per heavy atom. The van der Waals surface area contributed by atoms with Crippen LogP contribution in [0.15, 0.2) is 231 Å². The minimum absolute atomic E-state index is 0.356. The molecule has 452 valence electrons. The number of aryl methyl sites for hydroxylation is 18. The van der Waals surface area contributed by atoms with E-state index < -0.39 is 13.7 Å². The van der Waals surface area contributed by atoms with Gasteiger partial charge in [0.05, 0.1) is 0 Å². The van der Waals surface area contributed by atoms with Gasteiger partial charge in [0.15, 0.2) is 24.8 Å². The van der Waals surface area contributed by atoms with E-state index in [-0.39, 0.29) is 0 Å². The van der Waals surface area contributed by atoms with Crippen LogP contribution in [0.3, 0.4) is 0 Å². The highest BCUT2D eigenvalue weighted by Crippen LogP contribution is 2.35. The molecule has 0 aliphatic rings. The highest BCUT2D eigenvalue weighted by molar-refractivity contribution is 5.79. The standard InChI is InChI=1S/2C22H24N.2C21H22N/c1-15-13-22(23(5)14-18(15)4)21-12-16(2)20(11-17(21)3)19-9-7-6-8-10-19;1-15-12-22(23(5)14-18(15)4)21-13-20(16(2)11-17(21)3)19-9-7-6-8-10-19;1-15-10-11-21(22(4)14-15)20-13-16(2)19(12-17(20)3)18-8-6-5-7-9-18;1-15-10-11-21(22(4)14-15)20-13-19(16(2)12-17(20)3)18-8-6-5-7-9-18/h2*6-14H,1-5H3;2*5-14H,1-4H3/q4*+1/i4D3;;1D3;. The summed E-state index contributed by atoms with van der Waals surface area (Å²) >= 11 is 0. The lowest BCUT2D eigenvalue weighted by Crippen LogP contribution is -2.31. The number of hydrogen-bond donors (Lipinski definition) is 0. The summed E-state index contributed by atoms with van der Waals surface area (Å²) in [6.07, 6.45) is 7.82. The zero-order valence-electron chi connectivity index (χ0n) is 61.7. The summed E-state index contributed by atoms with van der Waals surface area (Å²) in [5.41, 5.74) is 34.9. The van der Waals surface area contributed by atoms with Crippen LogP contribution < -0.4 is 18.3 Å². The molecule has 0 fully saturated rings. The van der Waals surface area contributed by atoms with E-state index in [4.69, 9.17) is 8.22 Å². The quantitative estimate of drug-likeness (QED) is 0.135. The Bertz CT molecular complexity index is 4760. The van der Waals surface area contributed by atoms with Crippen molar-refractivity contribution in [3.05, 3.63) is 309 Å². The van der Waals surface area contributed by atoms with Gasteiger partial charge in [0.2, 0.25) is 22.8 Å². The van der Waals surface area contributed by atoms with Crippen LogP contribution in [0.1, 0.15) is 86.1 Å². The fourth-order valence-corrected chi connectivity index (χ4v) is 12.2. The van der Waals surface area contributed by atoms with Crippen LogP contribution in [0, 0.1) is 96.8 Å². The van der Waals surface area contributed by atoms with Gasteiger partial charge in [0.25, 0.3) is 0 Å². The molecule has 4 nitrogen and oxygen atoms in total. The average molecular weight is 1190 g/mol. The largest absolute Gasteiger partial charge is 0.212 e. The summed E-state index contributed by atoms with van der Waals surface area (Å²) in [6.45, 7) is 21.4. The first-order chi connectivity index (χ1) is 45.5. The molecule has 0 spiro atoms. The Labute approximate surface area is 547 Å². The van der Waals surface area contributed by atoms with Gasteiger partial charge < -0.3 is 0 Å². The minimum atomic E-state index is -2.09. The first-order valence-electron chi connectivity index (χ1n) is 34.1. The molecule has 8 aromatic carbocycles. The van der Waals surface area contributed by atoms with Gasteiger partial charge in [-0.3, -0.25) is 0 Å². The van der Waals surface area contributed by atoms with Gasteiger partial charge in [-0.25, -0.2) is 18.3 Å². The Hall–Kier alpha value is -9.64. The van der Waals surface area contributed by atoms with Crippen molar-refractivity contribution in [3.8, 4) is 89.5 Å². The predicted molar refractivity (Wildman–Crippen MR) is 380 cm³/mol. The normalized spacial score (nSPS) is 12.0. The molecule has 90 heavy (non-hydrogen) atoms. The SMILES string of the molecule is Cc1cc(-c2cc(-c3ccccc3)c(C)cc2C)[n+](C)cc1C.Cc1ccc(-c2cc(-c3ccccc3)c(C)cc2C)[n+](C)c1.[2H]C([2H])([2H])c1c[n+](C)c(-c2cc(C)c(-c3ccccc3)cc2C)cc1C.[2H]C([2H])([2H])c1ccc(-c2cc(C)c(-c3ccccc3)cc2C)[n+](C)c1. The van der Waals surface area contributed by atoms with Gasteiger partial charge in [-0.2, -0.15) is 0 Å². The van der Waals surface area contributed by atoms with Crippen molar-refractivity contribution in [1.29, 1.82) is 0 Å². The van der Waals surface area contributed by atoms with Crippen LogP contribution in [0.4, 0.5) is 0 Å². The first kappa shape index (κ1) is 56.8. The summed E-state index contributed by atoms with van der Waals surface area (Å²) in [5.74, 6) is 0. The molecule has 4 aromatic heterocycles. The van der Waals surface area contributed by atoms with E-state index in [0.29, 0.717) is 11.1 Å². The van der Waals surface area contributed by atoms with Gasteiger partial charge in [-0.15, -0.1) is 0 Å². The molecule has 0 radical (unpaired) electrons. The second-order valence-electron chi connectivity index (χ2n) is 24.5. The molecule has 0 unspecified atom stereocenters. The van der Waals surface area contributed by atoms with Crippen LogP contribution in [0.25, 0.3) is 89.5 Å². The third kappa shape index (κ3) is 15.1.